The van der Waals surface area contributed by atoms with Crippen LogP contribution in [0.5, 0.6) is 0 Å². The van der Waals surface area contributed by atoms with Crippen LogP contribution in [0.3, 0.4) is 0 Å². The van der Waals surface area contributed by atoms with E-state index in [1.54, 1.807) is 6.92 Å². The van der Waals surface area contributed by atoms with Gasteiger partial charge in [0.2, 0.25) is 5.95 Å². The molecule has 2 aromatic rings. The molecule has 108 valence electrons. The number of para-hydroxylation sites is 1. The normalized spacial score (nSPS) is 17.4. The summed E-state index contributed by atoms with van der Waals surface area (Å²) in [7, 11) is 0. The summed E-state index contributed by atoms with van der Waals surface area (Å²) in [6, 6.07) is 9.63. The molecular formula is C16H17N3O2. The van der Waals surface area contributed by atoms with Crippen LogP contribution in [0.2, 0.25) is 0 Å². The number of aromatic nitrogens is 2. The van der Waals surface area contributed by atoms with Crippen LogP contribution < -0.4 is 4.90 Å². The number of carbonyl (C=O) groups is 1. The minimum atomic E-state index is -1.03. The van der Waals surface area contributed by atoms with E-state index in [4.69, 9.17) is 0 Å². The van der Waals surface area contributed by atoms with Crippen LogP contribution in [0.25, 0.3) is 0 Å². The third kappa shape index (κ3) is 2.59. The van der Waals surface area contributed by atoms with E-state index in [-0.39, 0.29) is 5.69 Å². The second-order valence-corrected chi connectivity index (χ2v) is 5.55. The number of rotatable bonds is 2. The van der Waals surface area contributed by atoms with Gasteiger partial charge in [0.1, 0.15) is 0 Å². The molecule has 1 atom stereocenters. The Kier molecular flexibility index (Phi) is 3.33. The molecule has 0 bridgehead atoms. The van der Waals surface area contributed by atoms with Crippen molar-refractivity contribution in [2.75, 3.05) is 11.4 Å². The quantitative estimate of drug-likeness (QED) is 0.918. The number of carboxylic acids is 1. The van der Waals surface area contributed by atoms with Crippen molar-refractivity contribution in [1.29, 1.82) is 0 Å². The van der Waals surface area contributed by atoms with Crippen molar-refractivity contribution >= 4 is 17.6 Å². The van der Waals surface area contributed by atoms with E-state index >= 15 is 0 Å². The molecule has 1 N–H and O–H groups in total. The van der Waals surface area contributed by atoms with Gasteiger partial charge in [0.15, 0.2) is 5.69 Å². The van der Waals surface area contributed by atoms with Crippen LogP contribution in [0, 0.1) is 12.8 Å². The van der Waals surface area contributed by atoms with E-state index in [2.05, 4.69) is 23.0 Å². The Morgan fingerprint density at radius 1 is 1.33 bits per heavy atom. The summed E-state index contributed by atoms with van der Waals surface area (Å²) >= 11 is 0. The maximum Gasteiger partial charge on any atom is 0.354 e. The molecule has 2 heterocycles. The number of hydrogen-bond donors (Lipinski definition) is 1. The number of fused-ring (bicyclic) bond motifs is 1. The first kappa shape index (κ1) is 13.5. The molecule has 5 nitrogen and oxygen atoms in total. The van der Waals surface area contributed by atoms with Crippen molar-refractivity contribution in [3.8, 4) is 0 Å². The highest BCUT2D eigenvalue weighted by Crippen LogP contribution is 2.33. The number of carboxylic acid groups (broad SMARTS) is 1. The molecule has 5 heteroatoms. The zero-order chi connectivity index (χ0) is 15.0. The highest BCUT2D eigenvalue weighted by molar-refractivity contribution is 5.86. The summed E-state index contributed by atoms with van der Waals surface area (Å²) in [5, 5.41) is 9.17. The van der Waals surface area contributed by atoms with Gasteiger partial charge in [0.05, 0.1) is 0 Å². The average Bonchev–Trinajstić information content (AvgIpc) is 2.45. The number of anilines is 2. The third-order valence-corrected chi connectivity index (χ3v) is 3.65. The Balaban J connectivity index is 2.10. The Bertz CT molecular complexity index is 700. The van der Waals surface area contributed by atoms with Crippen LogP contribution >= 0.6 is 0 Å². The van der Waals surface area contributed by atoms with Crippen LogP contribution in [0.4, 0.5) is 11.6 Å². The highest BCUT2D eigenvalue weighted by Gasteiger charge is 2.25. The van der Waals surface area contributed by atoms with Crippen molar-refractivity contribution < 1.29 is 9.90 Å². The molecule has 0 spiro atoms. The first-order chi connectivity index (χ1) is 10.0. The Labute approximate surface area is 123 Å². The second-order valence-electron chi connectivity index (χ2n) is 5.55. The summed E-state index contributed by atoms with van der Waals surface area (Å²) in [5.41, 5.74) is 3.01. The number of nitrogens with zero attached hydrogens (tertiary/aromatic N) is 3. The van der Waals surface area contributed by atoms with Crippen LogP contribution in [0.1, 0.15) is 28.7 Å². The van der Waals surface area contributed by atoms with Crippen molar-refractivity contribution in [3.05, 3.63) is 47.3 Å². The van der Waals surface area contributed by atoms with Gasteiger partial charge in [-0.15, -0.1) is 0 Å². The first-order valence-electron chi connectivity index (χ1n) is 6.99. The monoisotopic (exact) mass is 283 g/mol. The number of aromatic carboxylic acids is 1. The maximum atomic E-state index is 11.2. The molecular weight excluding hydrogens is 266 g/mol. The van der Waals surface area contributed by atoms with E-state index < -0.39 is 5.97 Å². The molecule has 1 aliphatic rings. The average molecular weight is 283 g/mol. The lowest BCUT2D eigenvalue weighted by Gasteiger charge is -2.33. The summed E-state index contributed by atoms with van der Waals surface area (Å²) in [4.78, 5) is 21.8. The number of hydrogen-bond acceptors (Lipinski definition) is 4. The molecule has 1 aromatic heterocycles. The van der Waals surface area contributed by atoms with Crippen molar-refractivity contribution in [1.82, 2.24) is 9.97 Å². The number of aryl methyl sites for hydroxylation is 1. The standard InChI is InChI=1S/C16H17N3O2/c1-10-7-12-5-3-4-6-14(12)19(9-10)16-17-11(2)8-13(18-16)15(20)21/h3-6,8,10H,7,9H2,1-2H3,(H,20,21). The lowest BCUT2D eigenvalue weighted by atomic mass is 9.94. The van der Waals surface area contributed by atoms with Gasteiger partial charge >= 0.3 is 5.97 Å². The number of benzene rings is 1. The molecule has 0 fully saturated rings. The lowest BCUT2D eigenvalue weighted by molar-refractivity contribution is 0.0690. The van der Waals surface area contributed by atoms with Gasteiger partial charge in [-0.25, -0.2) is 14.8 Å². The van der Waals surface area contributed by atoms with Crippen LogP contribution in [-0.2, 0) is 6.42 Å². The molecule has 0 saturated carbocycles. The topological polar surface area (TPSA) is 66.3 Å². The van der Waals surface area contributed by atoms with Gasteiger partial charge in [-0.1, -0.05) is 25.1 Å². The Morgan fingerprint density at radius 2 is 2.10 bits per heavy atom. The van der Waals surface area contributed by atoms with E-state index in [9.17, 15) is 9.90 Å². The molecule has 21 heavy (non-hydrogen) atoms. The SMILES string of the molecule is Cc1cc(C(=O)O)nc(N2CC(C)Cc3ccccc32)n1. The summed E-state index contributed by atoms with van der Waals surface area (Å²) in [6.45, 7) is 4.76. The smallest absolute Gasteiger partial charge is 0.354 e. The Hall–Kier alpha value is -2.43. The Morgan fingerprint density at radius 3 is 2.86 bits per heavy atom. The fraction of sp³-hybridized carbons (Fsp3) is 0.312. The summed E-state index contributed by atoms with van der Waals surface area (Å²) < 4.78 is 0. The molecule has 1 unspecified atom stereocenters. The molecule has 3 rings (SSSR count). The largest absolute Gasteiger partial charge is 0.477 e. The second kappa shape index (κ2) is 5.16. The summed E-state index contributed by atoms with van der Waals surface area (Å²) in [5.74, 6) is -0.0937. The van der Waals surface area contributed by atoms with Gasteiger partial charge in [0.25, 0.3) is 0 Å². The summed E-state index contributed by atoms with van der Waals surface area (Å²) in [6.07, 6.45) is 1.02. The van der Waals surface area contributed by atoms with Gasteiger partial charge in [-0.2, -0.15) is 0 Å². The van der Waals surface area contributed by atoms with Gasteiger partial charge in [-0.3, -0.25) is 0 Å². The minimum absolute atomic E-state index is 0.0354. The molecule has 0 saturated heterocycles. The molecule has 0 aliphatic carbocycles. The van der Waals surface area contributed by atoms with Crippen molar-refractivity contribution in [2.24, 2.45) is 5.92 Å². The van der Waals surface area contributed by atoms with Crippen LogP contribution in [0.15, 0.2) is 30.3 Å². The van der Waals surface area contributed by atoms with E-state index in [1.165, 1.54) is 11.6 Å². The minimum Gasteiger partial charge on any atom is -0.477 e. The molecule has 1 aromatic carbocycles. The van der Waals surface area contributed by atoms with E-state index in [0.29, 0.717) is 17.6 Å². The van der Waals surface area contributed by atoms with E-state index in [0.717, 1.165) is 18.7 Å². The zero-order valence-corrected chi connectivity index (χ0v) is 12.1. The predicted octanol–water partition coefficient (Wildman–Crippen LogP) is 2.81. The van der Waals surface area contributed by atoms with Gasteiger partial charge in [-0.05, 0) is 37.0 Å². The molecule has 0 amide bonds. The highest BCUT2D eigenvalue weighted by atomic mass is 16.4. The van der Waals surface area contributed by atoms with Crippen molar-refractivity contribution in [3.63, 3.8) is 0 Å². The molecule has 1 aliphatic heterocycles. The zero-order valence-electron chi connectivity index (χ0n) is 12.1. The van der Waals surface area contributed by atoms with Crippen LogP contribution in [-0.4, -0.2) is 27.6 Å². The maximum absolute atomic E-state index is 11.2. The predicted molar refractivity (Wildman–Crippen MR) is 80.0 cm³/mol. The molecule has 0 radical (unpaired) electrons. The fourth-order valence-corrected chi connectivity index (χ4v) is 2.77. The fourth-order valence-electron chi connectivity index (χ4n) is 2.77. The lowest BCUT2D eigenvalue weighted by Crippen LogP contribution is -2.32. The first-order valence-corrected chi connectivity index (χ1v) is 6.99. The van der Waals surface area contributed by atoms with E-state index in [1.807, 2.05) is 23.1 Å². The third-order valence-electron chi connectivity index (χ3n) is 3.65. The van der Waals surface area contributed by atoms with Gasteiger partial charge < -0.3 is 10.0 Å². The van der Waals surface area contributed by atoms with Crippen molar-refractivity contribution in [2.45, 2.75) is 20.3 Å². The van der Waals surface area contributed by atoms with Gasteiger partial charge in [0, 0.05) is 17.9 Å².